The second-order valence-corrected chi connectivity index (χ2v) is 7.03. The van der Waals surface area contributed by atoms with E-state index in [0.717, 1.165) is 0 Å². The summed E-state index contributed by atoms with van der Waals surface area (Å²) in [6.45, 7) is 7.18. The topological polar surface area (TPSA) is 98.5 Å². The first-order valence-electron chi connectivity index (χ1n) is 6.06. The zero-order valence-electron chi connectivity index (χ0n) is 12.1. The van der Waals surface area contributed by atoms with Gasteiger partial charge in [-0.15, -0.1) is 0 Å². The number of carbonyl (C=O) groups is 1. The third kappa shape index (κ3) is 5.28. The van der Waals surface area contributed by atoms with Crippen molar-refractivity contribution in [3.8, 4) is 0 Å². The van der Waals surface area contributed by atoms with Crippen molar-refractivity contribution in [3.63, 3.8) is 0 Å². The predicted octanol–water partition coefficient (Wildman–Crippen LogP) is 1.40. The average Bonchev–Trinajstić information content (AvgIpc) is 2.27. The Bertz CT molecular complexity index is 603. The Kier molecular flexibility index (Phi) is 4.90. The van der Waals surface area contributed by atoms with Gasteiger partial charge in [-0.3, -0.25) is 4.79 Å². The van der Waals surface area contributed by atoms with E-state index in [4.69, 9.17) is 9.88 Å². The van der Waals surface area contributed by atoms with Crippen molar-refractivity contribution in [1.29, 1.82) is 0 Å². The van der Waals surface area contributed by atoms with E-state index >= 15 is 0 Å². The van der Waals surface area contributed by atoms with Crippen LogP contribution in [0, 0.1) is 6.92 Å². The number of anilines is 1. The van der Waals surface area contributed by atoms with E-state index in [9.17, 15) is 13.2 Å². The molecule has 0 unspecified atom stereocenters. The van der Waals surface area contributed by atoms with Gasteiger partial charge < -0.3 is 10.1 Å². The highest BCUT2D eigenvalue weighted by Crippen LogP contribution is 2.19. The molecule has 7 heteroatoms. The smallest absolute Gasteiger partial charge is 0.250 e. The molecular formula is C13H20N2O4S. The normalized spacial score (nSPS) is 12.2. The second-order valence-electron chi connectivity index (χ2n) is 5.47. The predicted molar refractivity (Wildman–Crippen MR) is 76.9 cm³/mol. The maximum absolute atomic E-state index is 11.7. The SMILES string of the molecule is Cc1cc(S(N)(=O)=O)ccc1NC(=O)COC(C)(C)C. The Morgan fingerprint density at radius 1 is 1.35 bits per heavy atom. The van der Waals surface area contributed by atoms with Crippen molar-refractivity contribution in [1.82, 2.24) is 0 Å². The lowest BCUT2D eigenvalue weighted by Gasteiger charge is -2.19. The monoisotopic (exact) mass is 300 g/mol. The summed E-state index contributed by atoms with van der Waals surface area (Å²) < 4.78 is 27.8. The summed E-state index contributed by atoms with van der Waals surface area (Å²) in [5.74, 6) is -0.300. The van der Waals surface area contributed by atoms with Crippen LogP contribution in [0.4, 0.5) is 5.69 Å². The molecule has 112 valence electrons. The largest absolute Gasteiger partial charge is 0.366 e. The van der Waals surface area contributed by atoms with Gasteiger partial charge in [0.1, 0.15) is 6.61 Å². The summed E-state index contributed by atoms with van der Waals surface area (Å²) in [7, 11) is -3.74. The Morgan fingerprint density at radius 2 is 1.95 bits per heavy atom. The molecule has 0 atom stereocenters. The molecule has 0 fully saturated rings. The van der Waals surface area contributed by atoms with Gasteiger partial charge in [0, 0.05) is 5.69 Å². The lowest BCUT2D eigenvalue weighted by atomic mass is 10.2. The van der Waals surface area contributed by atoms with Gasteiger partial charge in [0.2, 0.25) is 15.9 Å². The second kappa shape index (κ2) is 5.90. The fraction of sp³-hybridized carbons (Fsp3) is 0.462. The molecule has 1 amide bonds. The molecule has 0 bridgehead atoms. The molecule has 1 rings (SSSR count). The van der Waals surface area contributed by atoms with Crippen LogP contribution < -0.4 is 10.5 Å². The van der Waals surface area contributed by atoms with Crippen LogP contribution in [0.2, 0.25) is 0 Å². The average molecular weight is 300 g/mol. The number of ether oxygens (including phenoxy) is 1. The summed E-state index contributed by atoms with van der Waals surface area (Å²) in [6, 6.07) is 4.27. The molecule has 0 heterocycles. The maximum Gasteiger partial charge on any atom is 0.250 e. The fourth-order valence-corrected chi connectivity index (χ4v) is 2.02. The van der Waals surface area contributed by atoms with E-state index in [1.807, 2.05) is 20.8 Å². The van der Waals surface area contributed by atoms with Gasteiger partial charge in [0.05, 0.1) is 10.5 Å². The number of aryl methyl sites for hydroxylation is 1. The molecule has 20 heavy (non-hydrogen) atoms. The van der Waals surface area contributed by atoms with Crippen molar-refractivity contribution in [2.24, 2.45) is 5.14 Å². The first-order valence-corrected chi connectivity index (χ1v) is 7.61. The van der Waals surface area contributed by atoms with E-state index < -0.39 is 15.6 Å². The highest BCUT2D eigenvalue weighted by Gasteiger charge is 2.14. The maximum atomic E-state index is 11.7. The van der Waals surface area contributed by atoms with Gasteiger partial charge in [0.25, 0.3) is 0 Å². The van der Waals surface area contributed by atoms with Gasteiger partial charge in [-0.1, -0.05) is 0 Å². The molecule has 1 aromatic carbocycles. The summed E-state index contributed by atoms with van der Waals surface area (Å²) in [5, 5.41) is 7.70. The minimum atomic E-state index is -3.74. The van der Waals surface area contributed by atoms with Gasteiger partial charge in [0.15, 0.2) is 0 Å². The molecule has 6 nitrogen and oxygen atoms in total. The van der Waals surface area contributed by atoms with E-state index in [-0.39, 0.29) is 17.4 Å². The zero-order chi connectivity index (χ0) is 15.6. The van der Waals surface area contributed by atoms with Crippen LogP contribution in [0.25, 0.3) is 0 Å². The summed E-state index contributed by atoms with van der Waals surface area (Å²) in [5.41, 5.74) is 0.740. The Morgan fingerprint density at radius 3 is 2.40 bits per heavy atom. The van der Waals surface area contributed by atoms with Crippen LogP contribution in [-0.4, -0.2) is 26.5 Å². The first-order chi connectivity index (χ1) is 8.99. The quantitative estimate of drug-likeness (QED) is 0.878. The van der Waals surface area contributed by atoms with Crippen molar-refractivity contribution in [2.45, 2.75) is 38.2 Å². The van der Waals surface area contributed by atoms with Crippen LogP contribution in [0.1, 0.15) is 26.3 Å². The molecule has 0 aliphatic carbocycles. The number of hydrogen-bond donors (Lipinski definition) is 2. The first kappa shape index (κ1) is 16.6. The molecule has 0 spiro atoms. The van der Waals surface area contributed by atoms with E-state index in [2.05, 4.69) is 5.32 Å². The van der Waals surface area contributed by atoms with E-state index in [0.29, 0.717) is 11.3 Å². The van der Waals surface area contributed by atoms with Gasteiger partial charge >= 0.3 is 0 Å². The molecule has 0 aliphatic rings. The Hall–Kier alpha value is -1.44. The zero-order valence-corrected chi connectivity index (χ0v) is 12.9. The summed E-state index contributed by atoms with van der Waals surface area (Å²) in [4.78, 5) is 11.7. The Labute approximate surface area is 119 Å². The molecule has 0 aliphatic heterocycles. The molecule has 1 aromatic rings. The van der Waals surface area contributed by atoms with Crippen molar-refractivity contribution < 1.29 is 17.9 Å². The van der Waals surface area contributed by atoms with Crippen molar-refractivity contribution >= 4 is 21.6 Å². The molecule has 3 N–H and O–H groups in total. The van der Waals surface area contributed by atoms with Gasteiger partial charge in [-0.25, -0.2) is 13.6 Å². The molecule has 0 saturated carbocycles. The van der Waals surface area contributed by atoms with Crippen LogP contribution in [0.5, 0.6) is 0 Å². The molecule has 0 saturated heterocycles. The van der Waals surface area contributed by atoms with E-state index in [1.54, 1.807) is 6.92 Å². The van der Waals surface area contributed by atoms with Crippen molar-refractivity contribution in [2.75, 3.05) is 11.9 Å². The van der Waals surface area contributed by atoms with Crippen LogP contribution in [0.15, 0.2) is 23.1 Å². The number of amides is 1. The number of sulfonamides is 1. The molecular weight excluding hydrogens is 280 g/mol. The number of nitrogens with one attached hydrogen (secondary N) is 1. The fourth-order valence-electron chi connectivity index (χ4n) is 1.42. The highest BCUT2D eigenvalue weighted by atomic mass is 32.2. The lowest BCUT2D eigenvalue weighted by Crippen LogP contribution is -2.27. The number of carbonyl (C=O) groups excluding carboxylic acids is 1. The van der Waals surface area contributed by atoms with Crippen molar-refractivity contribution in [3.05, 3.63) is 23.8 Å². The third-order valence-corrected chi connectivity index (χ3v) is 3.35. The van der Waals surface area contributed by atoms with Crippen LogP contribution in [-0.2, 0) is 19.6 Å². The number of nitrogens with two attached hydrogens (primary N) is 1. The van der Waals surface area contributed by atoms with Crippen LogP contribution >= 0.6 is 0 Å². The van der Waals surface area contributed by atoms with Crippen LogP contribution in [0.3, 0.4) is 0 Å². The number of benzene rings is 1. The molecule has 0 radical (unpaired) electrons. The summed E-state index contributed by atoms with van der Waals surface area (Å²) >= 11 is 0. The standard InChI is InChI=1S/C13H20N2O4S/c1-9-7-10(20(14,17)18)5-6-11(9)15-12(16)8-19-13(2,3)4/h5-7H,8H2,1-4H3,(H,15,16)(H2,14,17,18). The molecule has 0 aromatic heterocycles. The highest BCUT2D eigenvalue weighted by molar-refractivity contribution is 7.89. The minimum absolute atomic E-state index is 0.0129. The van der Waals surface area contributed by atoms with Gasteiger partial charge in [-0.2, -0.15) is 0 Å². The van der Waals surface area contributed by atoms with Gasteiger partial charge in [-0.05, 0) is 51.5 Å². The van der Waals surface area contributed by atoms with E-state index in [1.165, 1.54) is 18.2 Å². The summed E-state index contributed by atoms with van der Waals surface area (Å²) in [6.07, 6.45) is 0. The third-order valence-electron chi connectivity index (χ3n) is 2.44. The Balaban J connectivity index is 2.77. The minimum Gasteiger partial charge on any atom is -0.366 e. The number of primary sulfonamides is 1. The number of hydrogen-bond acceptors (Lipinski definition) is 4. The lowest BCUT2D eigenvalue weighted by molar-refractivity contribution is -0.125. The number of rotatable bonds is 4.